The van der Waals surface area contributed by atoms with E-state index >= 15 is 0 Å². The van der Waals surface area contributed by atoms with Gasteiger partial charge >= 0.3 is 0 Å². The molecule has 0 bridgehead atoms. The molecule has 0 radical (unpaired) electrons. The molecule has 0 aliphatic rings. The summed E-state index contributed by atoms with van der Waals surface area (Å²) in [5.41, 5.74) is 0. The molecule has 0 aromatic rings. The van der Waals surface area contributed by atoms with Gasteiger partial charge in [0.2, 0.25) is 5.91 Å². The SMILES string of the molecule is CCCCCCCCCCCCCCCC(=O)NCCC[N+](C)(C)CCCCCCCCCCCCCC. The average Bonchev–Trinajstić information content (AvgIpc) is 2.90. The van der Waals surface area contributed by atoms with Crippen molar-refractivity contribution in [2.75, 3.05) is 33.7 Å². The number of hydrogen-bond donors (Lipinski definition) is 1. The molecule has 0 spiro atoms. The fraction of sp³-hybridized carbons (Fsp3) is 0.971. The summed E-state index contributed by atoms with van der Waals surface area (Å²) in [5.74, 6) is 0.263. The zero-order valence-corrected chi connectivity index (χ0v) is 27.1. The van der Waals surface area contributed by atoms with Gasteiger partial charge in [-0.15, -0.1) is 0 Å². The van der Waals surface area contributed by atoms with E-state index in [1.54, 1.807) is 0 Å². The van der Waals surface area contributed by atoms with Crippen molar-refractivity contribution >= 4 is 5.91 Å². The van der Waals surface area contributed by atoms with Gasteiger partial charge in [0.1, 0.15) is 0 Å². The fourth-order valence-electron chi connectivity index (χ4n) is 5.62. The number of rotatable bonds is 31. The van der Waals surface area contributed by atoms with E-state index in [9.17, 15) is 4.79 Å². The molecule has 3 nitrogen and oxygen atoms in total. The maximum absolute atomic E-state index is 12.1. The summed E-state index contributed by atoms with van der Waals surface area (Å²) in [4.78, 5) is 12.1. The second kappa shape index (κ2) is 29.4. The Morgan fingerprint density at radius 3 is 1.16 bits per heavy atom. The molecule has 0 rings (SSSR count). The number of nitrogens with zero attached hydrogens (tertiary/aromatic N) is 1. The van der Waals surface area contributed by atoms with E-state index in [-0.39, 0.29) is 5.91 Å². The van der Waals surface area contributed by atoms with Crippen molar-refractivity contribution in [2.24, 2.45) is 0 Å². The third-order valence-electron chi connectivity index (χ3n) is 8.39. The summed E-state index contributed by atoms with van der Waals surface area (Å²) in [5, 5.41) is 3.16. The van der Waals surface area contributed by atoms with Crippen LogP contribution in [0.4, 0.5) is 0 Å². The highest BCUT2D eigenvalue weighted by Gasteiger charge is 2.14. The Bertz CT molecular complexity index is 477. The number of hydrogen-bond acceptors (Lipinski definition) is 1. The lowest BCUT2D eigenvalue weighted by Crippen LogP contribution is -2.42. The van der Waals surface area contributed by atoms with Crippen LogP contribution in [-0.2, 0) is 4.79 Å². The first-order valence-corrected chi connectivity index (χ1v) is 17.6. The van der Waals surface area contributed by atoms with Crippen molar-refractivity contribution in [3.05, 3.63) is 0 Å². The van der Waals surface area contributed by atoms with Crippen molar-refractivity contribution in [1.82, 2.24) is 5.32 Å². The summed E-state index contributed by atoms with van der Waals surface area (Å²) < 4.78 is 1.09. The zero-order valence-electron chi connectivity index (χ0n) is 27.1. The molecule has 0 aromatic heterocycles. The van der Waals surface area contributed by atoms with Gasteiger partial charge in [0, 0.05) is 19.4 Å². The van der Waals surface area contributed by atoms with Crippen LogP contribution < -0.4 is 5.32 Å². The standard InChI is InChI=1S/C35H72N2O/c1-5-7-9-11-13-15-17-19-20-22-24-26-28-31-35(38)36-32-30-34-37(3,4)33-29-27-25-23-21-18-16-14-12-10-8-6-2/h5-34H2,1-4H3/p+1. The van der Waals surface area contributed by atoms with Crippen LogP contribution >= 0.6 is 0 Å². The van der Waals surface area contributed by atoms with E-state index in [4.69, 9.17) is 0 Å². The van der Waals surface area contributed by atoms with Crippen molar-refractivity contribution in [3.63, 3.8) is 0 Å². The van der Waals surface area contributed by atoms with E-state index < -0.39 is 0 Å². The Kier molecular flexibility index (Phi) is 29.0. The van der Waals surface area contributed by atoms with E-state index in [0.717, 1.165) is 36.8 Å². The number of quaternary nitrogens is 1. The number of amides is 1. The highest BCUT2D eigenvalue weighted by molar-refractivity contribution is 5.75. The average molecular weight is 538 g/mol. The van der Waals surface area contributed by atoms with Crippen molar-refractivity contribution < 1.29 is 9.28 Å². The van der Waals surface area contributed by atoms with Crippen LogP contribution in [0, 0.1) is 0 Å². The quantitative estimate of drug-likeness (QED) is 0.0691. The van der Waals surface area contributed by atoms with E-state index in [0.29, 0.717) is 0 Å². The molecule has 228 valence electrons. The van der Waals surface area contributed by atoms with Gasteiger partial charge < -0.3 is 9.80 Å². The molecule has 0 unspecified atom stereocenters. The monoisotopic (exact) mass is 538 g/mol. The highest BCUT2D eigenvalue weighted by Crippen LogP contribution is 2.14. The van der Waals surface area contributed by atoms with Gasteiger partial charge in [-0.1, -0.05) is 155 Å². The second-order valence-corrected chi connectivity index (χ2v) is 13.0. The molecular formula is C35H73N2O+. The minimum absolute atomic E-state index is 0.263. The van der Waals surface area contributed by atoms with Gasteiger partial charge in [0.25, 0.3) is 0 Å². The van der Waals surface area contributed by atoms with E-state index in [1.165, 1.54) is 161 Å². The van der Waals surface area contributed by atoms with Crippen LogP contribution in [0.2, 0.25) is 0 Å². The number of carbonyl (C=O) groups is 1. The van der Waals surface area contributed by atoms with Crippen LogP contribution in [0.3, 0.4) is 0 Å². The minimum atomic E-state index is 0.263. The van der Waals surface area contributed by atoms with Gasteiger partial charge in [-0.05, 0) is 19.3 Å². The Hall–Kier alpha value is -0.570. The van der Waals surface area contributed by atoms with Crippen LogP contribution in [0.5, 0.6) is 0 Å². The van der Waals surface area contributed by atoms with Crippen LogP contribution in [0.1, 0.15) is 187 Å². The molecule has 3 heteroatoms. The molecule has 1 N–H and O–H groups in total. The third-order valence-corrected chi connectivity index (χ3v) is 8.39. The molecular weight excluding hydrogens is 464 g/mol. The molecule has 0 aliphatic heterocycles. The number of carbonyl (C=O) groups excluding carboxylic acids is 1. The summed E-state index contributed by atoms with van der Waals surface area (Å²) in [6, 6.07) is 0. The molecule has 38 heavy (non-hydrogen) atoms. The van der Waals surface area contributed by atoms with Gasteiger partial charge in [0.15, 0.2) is 0 Å². The largest absolute Gasteiger partial charge is 0.356 e. The van der Waals surface area contributed by atoms with Crippen LogP contribution in [-0.4, -0.2) is 44.1 Å². The van der Waals surface area contributed by atoms with E-state index in [1.807, 2.05) is 0 Å². The molecule has 0 fully saturated rings. The number of unbranched alkanes of at least 4 members (excludes halogenated alkanes) is 23. The molecule has 0 aromatic carbocycles. The molecule has 0 aliphatic carbocycles. The number of nitrogens with one attached hydrogen (secondary N) is 1. The third kappa shape index (κ3) is 30.0. The predicted octanol–water partition coefficient (Wildman–Crippen LogP) is 10.8. The summed E-state index contributed by atoms with van der Waals surface area (Å²) >= 11 is 0. The summed E-state index contributed by atoms with van der Waals surface area (Å²) in [6.07, 6.45) is 36.4. The van der Waals surface area contributed by atoms with Gasteiger partial charge in [-0.25, -0.2) is 0 Å². The fourth-order valence-corrected chi connectivity index (χ4v) is 5.62. The smallest absolute Gasteiger partial charge is 0.219 e. The summed E-state index contributed by atoms with van der Waals surface area (Å²) in [7, 11) is 4.71. The Labute approximate surface area is 241 Å². The molecule has 0 saturated carbocycles. The van der Waals surface area contributed by atoms with Crippen LogP contribution in [0.25, 0.3) is 0 Å². The topological polar surface area (TPSA) is 29.1 Å². The van der Waals surface area contributed by atoms with Gasteiger partial charge in [-0.2, -0.15) is 0 Å². The lowest BCUT2D eigenvalue weighted by atomic mass is 10.0. The highest BCUT2D eigenvalue weighted by atomic mass is 16.1. The second-order valence-electron chi connectivity index (χ2n) is 13.0. The lowest BCUT2D eigenvalue weighted by Gasteiger charge is -2.30. The first kappa shape index (κ1) is 37.4. The normalized spacial score (nSPS) is 11.8. The van der Waals surface area contributed by atoms with Crippen molar-refractivity contribution in [1.29, 1.82) is 0 Å². The Morgan fingerprint density at radius 1 is 0.447 bits per heavy atom. The van der Waals surface area contributed by atoms with Crippen molar-refractivity contribution in [3.8, 4) is 0 Å². The first-order valence-electron chi connectivity index (χ1n) is 17.6. The first-order chi connectivity index (χ1) is 18.5. The van der Waals surface area contributed by atoms with Gasteiger partial charge in [-0.3, -0.25) is 4.79 Å². The molecule has 0 heterocycles. The zero-order chi connectivity index (χ0) is 28.0. The van der Waals surface area contributed by atoms with E-state index in [2.05, 4.69) is 33.3 Å². The maximum Gasteiger partial charge on any atom is 0.219 e. The van der Waals surface area contributed by atoms with Crippen LogP contribution in [0.15, 0.2) is 0 Å². The predicted molar refractivity (Wildman–Crippen MR) is 171 cm³/mol. The van der Waals surface area contributed by atoms with Gasteiger partial charge in [0.05, 0.1) is 27.2 Å². The minimum Gasteiger partial charge on any atom is -0.356 e. The summed E-state index contributed by atoms with van der Waals surface area (Å²) in [6.45, 7) is 7.86. The molecule has 0 saturated heterocycles. The Morgan fingerprint density at radius 2 is 0.763 bits per heavy atom. The Balaban J connectivity index is 3.40. The molecule has 1 amide bonds. The molecule has 0 atom stereocenters. The maximum atomic E-state index is 12.1. The lowest BCUT2D eigenvalue weighted by molar-refractivity contribution is -0.890. The van der Waals surface area contributed by atoms with Crippen molar-refractivity contribution in [2.45, 2.75) is 187 Å².